The molecule has 1 aliphatic carbocycles. The van der Waals surface area contributed by atoms with Crippen LogP contribution in [0, 0.1) is 11.3 Å². The van der Waals surface area contributed by atoms with Gasteiger partial charge in [-0.05, 0) is 74.8 Å². The maximum atomic E-state index is 11.5. The van der Waals surface area contributed by atoms with E-state index >= 15 is 0 Å². The largest absolute Gasteiger partial charge is 0.496 e. The lowest BCUT2D eigenvalue weighted by atomic mass is 9.68. The molecule has 3 unspecified atom stereocenters. The molecule has 4 rings (SSSR count). The van der Waals surface area contributed by atoms with E-state index in [9.17, 15) is 9.90 Å². The summed E-state index contributed by atoms with van der Waals surface area (Å²) in [6.45, 7) is 11.0. The fourth-order valence-corrected chi connectivity index (χ4v) is 5.74. The van der Waals surface area contributed by atoms with Gasteiger partial charge in [-0.2, -0.15) is 0 Å². The van der Waals surface area contributed by atoms with Crippen molar-refractivity contribution in [1.82, 2.24) is 9.55 Å². The maximum absolute atomic E-state index is 11.5. The highest BCUT2D eigenvalue weighted by Gasteiger charge is 2.36. The Morgan fingerprint density at radius 3 is 2.58 bits per heavy atom. The zero-order valence-corrected chi connectivity index (χ0v) is 22.3. The van der Waals surface area contributed by atoms with Crippen molar-refractivity contribution in [3.05, 3.63) is 42.0 Å². The van der Waals surface area contributed by atoms with Crippen molar-refractivity contribution < 1.29 is 19.4 Å². The number of ether oxygens (including phenoxy) is 2. The average molecular weight is 494 g/mol. The Morgan fingerprint density at radius 2 is 1.97 bits per heavy atom. The normalized spacial score (nSPS) is 22.1. The fourth-order valence-electron chi connectivity index (χ4n) is 5.74. The highest BCUT2D eigenvalue weighted by Crippen LogP contribution is 2.48. The van der Waals surface area contributed by atoms with Gasteiger partial charge >= 0.3 is 5.97 Å². The predicted octanol–water partition coefficient (Wildman–Crippen LogP) is 6.98. The number of anilines is 2. The molecule has 0 spiro atoms. The van der Waals surface area contributed by atoms with Crippen LogP contribution < -0.4 is 14.8 Å². The third-order valence-corrected chi connectivity index (χ3v) is 7.38. The van der Waals surface area contributed by atoms with Crippen LogP contribution in [0.4, 0.5) is 11.6 Å². The Balaban J connectivity index is 1.80. The van der Waals surface area contributed by atoms with Crippen LogP contribution in [-0.2, 0) is 11.2 Å². The van der Waals surface area contributed by atoms with Crippen LogP contribution >= 0.6 is 0 Å². The Hall–Kier alpha value is -3.22. The molecule has 0 radical (unpaired) electrons. The second kappa shape index (κ2) is 10.4. The average Bonchev–Trinajstić information content (AvgIpc) is 3.15. The Morgan fingerprint density at radius 1 is 1.25 bits per heavy atom. The van der Waals surface area contributed by atoms with Gasteiger partial charge < -0.3 is 24.5 Å². The molecule has 0 aliphatic heterocycles. The van der Waals surface area contributed by atoms with Gasteiger partial charge in [0.05, 0.1) is 30.7 Å². The van der Waals surface area contributed by atoms with Gasteiger partial charge in [0, 0.05) is 23.4 Å². The van der Waals surface area contributed by atoms with Crippen LogP contribution in [0.25, 0.3) is 11.0 Å². The van der Waals surface area contributed by atoms with Crippen LogP contribution in [0.3, 0.4) is 0 Å². The molecule has 7 heteroatoms. The Labute approximate surface area is 213 Å². The molecule has 0 saturated heterocycles. The summed E-state index contributed by atoms with van der Waals surface area (Å²) in [6.07, 6.45) is 4.49. The minimum Gasteiger partial charge on any atom is -0.496 e. The summed E-state index contributed by atoms with van der Waals surface area (Å²) in [5, 5.41) is 12.9. The summed E-state index contributed by atoms with van der Waals surface area (Å²) in [4.78, 5) is 16.4. The zero-order chi connectivity index (χ0) is 26.0. The summed E-state index contributed by atoms with van der Waals surface area (Å²) < 4.78 is 13.7. The van der Waals surface area contributed by atoms with Crippen LogP contribution in [0.1, 0.15) is 71.9 Å². The van der Waals surface area contributed by atoms with Crippen LogP contribution in [0.5, 0.6) is 11.5 Å². The SMILES string of the molecule is CCC1(C)CC(C)CC(n2c(Nc3ccc(OC(C)C)cc3)nc3cc(CC(=O)O)c(OC)cc32)C1. The molecule has 1 aliphatic rings. The number of imidazole rings is 1. The highest BCUT2D eigenvalue weighted by molar-refractivity contribution is 5.84. The summed E-state index contributed by atoms with van der Waals surface area (Å²) in [5.41, 5.74) is 3.53. The van der Waals surface area contributed by atoms with Crippen LogP contribution in [-0.4, -0.2) is 33.8 Å². The number of carbonyl (C=O) groups is 1. The van der Waals surface area contributed by atoms with E-state index in [0.717, 1.165) is 47.7 Å². The first-order valence-electron chi connectivity index (χ1n) is 12.9. The smallest absolute Gasteiger partial charge is 0.307 e. The second-order valence-corrected chi connectivity index (χ2v) is 10.9. The number of benzene rings is 2. The first-order valence-corrected chi connectivity index (χ1v) is 12.9. The minimum absolute atomic E-state index is 0.111. The van der Waals surface area contributed by atoms with Gasteiger partial charge in [-0.3, -0.25) is 4.79 Å². The molecule has 1 saturated carbocycles. The standard InChI is InChI=1S/C29H39N3O4/c1-7-29(5)16-19(4)12-22(17-29)32-25-15-26(35-6)20(14-27(33)34)13-24(25)31-28(32)30-21-8-10-23(11-9-21)36-18(2)3/h8-11,13,15,18-19,22H,7,12,14,16-17H2,1-6H3,(H,30,31)(H,33,34). The number of hydrogen-bond acceptors (Lipinski definition) is 5. The number of nitrogens with zero attached hydrogens (tertiary/aromatic N) is 2. The van der Waals surface area contributed by atoms with Crippen molar-refractivity contribution in [2.45, 2.75) is 78.9 Å². The monoisotopic (exact) mass is 493 g/mol. The molecule has 3 atom stereocenters. The van der Waals surface area contributed by atoms with Crippen LogP contribution in [0.2, 0.25) is 0 Å². The summed E-state index contributed by atoms with van der Waals surface area (Å²) in [7, 11) is 1.59. The van der Waals surface area contributed by atoms with Crippen molar-refractivity contribution in [3.8, 4) is 11.5 Å². The van der Waals surface area contributed by atoms with E-state index in [2.05, 4.69) is 30.7 Å². The molecule has 3 aromatic rings. The third-order valence-electron chi connectivity index (χ3n) is 7.38. The molecule has 1 heterocycles. The van der Waals surface area contributed by atoms with Gasteiger partial charge in [0.25, 0.3) is 0 Å². The van der Waals surface area contributed by atoms with Gasteiger partial charge in [0.1, 0.15) is 11.5 Å². The lowest BCUT2D eigenvalue weighted by Gasteiger charge is -2.42. The number of carboxylic acids is 1. The number of nitrogens with one attached hydrogen (secondary N) is 1. The summed E-state index contributed by atoms with van der Waals surface area (Å²) in [5.74, 6) is 1.87. The van der Waals surface area contributed by atoms with Gasteiger partial charge in [0.15, 0.2) is 0 Å². The summed E-state index contributed by atoms with van der Waals surface area (Å²) in [6, 6.07) is 12.0. The van der Waals surface area contributed by atoms with E-state index in [1.807, 2.05) is 50.2 Å². The third kappa shape index (κ3) is 5.61. The van der Waals surface area contributed by atoms with Crippen molar-refractivity contribution in [3.63, 3.8) is 0 Å². The van der Waals surface area contributed by atoms with E-state index in [4.69, 9.17) is 14.5 Å². The first kappa shape index (κ1) is 25.9. The van der Waals surface area contributed by atoms with Gasteiger partial charge in [-0.15, -0.1) is 0 Å². The molecule has 0 bridgehead atoms. The Bertz CT molecular complexity index is 1220. The highest BCUT2D eigenvalue weighted by atomic mass is 16.5. The van der Waals surface area contributed by atoms with Crippen LogP contribution in [0.15, 0.2) is 36.4 Å². The molecule has 7 nitrogen and oxygen atoms in total. The topological polar surface area (TPSA) is 85.6 Å². The number of rotatable bonds is 9. The molecule has 36 heavy (non-hydrogen) atoms. The first-order chi connectivity index (χ1) is 17.1. The molecule has 0 amide bonds. The number of aliphatic carboxylic acids is 1. The van der Waals surface area contributed by atoms with E-state index in [0.29, 0.717) is 17.2 Å². The summed E-state index contributed by atoms with van der Waals surface area (Å²) >= 11 is 0. The molecule has 194 valence electrons. The Kier molecular flexibility index (Phi) is 7.48. The quantitative estimate of drug-likeness (QED) is 0.334. The van der Waals surface area contributed by atoms with E-state index in [-0.39, 0.29) is 24.0 Å². The molecule has 2 N–H and O–H groups in total. The van der Waals surface area contributed by atoms with Gasteiger partial charge in [0.2, 0.25) is 5.95 Å². The van der Waals surface area contributed by atoms with Crippen molar-refractivity contribution in [1.29, 1.82) is 0 Å². The molecule has 2 aromatic carbocycles. The number of aromatic nitrogens is 2. The molecular weight excluding hydrogens is 454 g/mol. The number of methoxy groups -OCH3 is 1. The zero-order valence-electron chi connectivity index (χ0n) is 22.3. The van der Waals surface area contributed by atoms with E-state index in [1.165, 1.54) is 6.42 Å². The van der Waals surface area contributed by atoms with E-state index in [1.54, 1.807) is 7.11 Å². The molecule has 1 fully saturated rings. The number of carboxylic acid groups (broad SMARTS) is 1. The fraction of sp³-hybridized carbons (Fsp3) is 0.517. The van der Waals surface area contributed by atoms with Crippen molar-refractivity contribution in [2.75, 3.05) is 12.4 Å². The minimum atomic E-state index is -0.894. The van der Waals surface area contributed by atoms with Crippen molar-refractivity contribution >= 4 is 28.6 Å². The lowest BCUT2D eigenvalue weighted by molar-refractivity contribution is -0.136. The van der Waals surface area contributed by atoms with Gasteiger partial charge in [-0.1, -0.05) is 27.2 Å². The maximum Gasteiger partial charge on any atom is 0.307 e. The van der Waals surface area contributed by atoms with Crippen molar-refractivity contribution in [2.24, 2.45) is 11.3 Å². The van der Waals surface area contributed by atoms with Gasteiger partial charge in [-0.25, -0.2) is 4.98 Å². The second-order valence-electron chi connectivity index (χ2n) is 10.9. The lowest BCUT2D eigenvalue weighted by Crippen LogP contribution is -2.31. The molecule has 1 aromatic heterocycles. The predicted molar refractivity (Wildman–Crippen MR) is 144 cm³/mol. The number of fused-ring (bicyclic) bond motifs is 1. The number of hydrogen-bond donors (Lipinski definition) is 2. The molecular formula is C29H39N3O4. The van der Waals surface area contributed by atoms with E-state index < -0.39 is 5.97 Å².